The molecule has 0 saturated carbocycles. The number of rotatable bonds is 7. The number of aromatic nitrogens is 4. The molecule has 5 rings (SSSR count). The van der Waals surface area contributed by atoms with Crippen molar-refractivity contribution in [3.05, 3.63) is 65.0 Å². The van der Waals surface area contributed by atoms with Crippen LogP contribution in [0.15, 0.2) is 30.6 Å². The number of carbonyl (C=O) groups excluding carboxylic acids is 1. The first-order valence-corrected chi connectivity index (χ1v) is 12.6. The number of methoxy groups -OCH3 is 1. The molecule has 0 bridgehead atoms. The summed E-state index contributed by atoms with van der Waals surface area (Å²) in [6.45, 7) is 0.938. The highest BCUT2D eigenvalue weighted by Gasteiger charge is 2.47. The number of ether oxygens (including phenoxy) is 1. The van der Waals surface area contributed by atoms with Crippen molar-refractivity contribution < 1.29 is 32.2 Å². The van der Waals surface area contributed by atoms with Gasteiger partial charge in [-0.1, -0.05) is 0 Å². The number of likely N-dealkylation sites (tertiary alicyclic amines) is 1. The zero-order chi connectivity index (χ0) is 27.9. The predicted octanol–water partition coefficient (Wildman–Crippen LogP) is 3.44. The number of carbonyl (C=O) groups is 1. The summed E-state index contributed by atoms with van der Waals surface area (Å²) in [4.78, 5) is 27.4. The number of fused-ring (bicyclic) bond motifs is 1. The van der Waals surface area contributed by atoms with Gasteiger partial charge in [-0.25, -0.2) is 32.5 Å². The average Bonchev–Trinajstić information content (AvgIpc) is 3.47. The molecule has 0 spiro atoms. The zero-order valence-electron chi connectivity index (χ0n) is 21.4. The summed E-state index contributed by atoms with van der Waals surface area (Å²) in [6.07, 6.45) is 3.53. The van der Waals surface area contributed by atoms with Gasteiger partial charge in [-0.3, -0.25) is 9.69 Å². The molecule has 208 valence electrons. The van der Waals surface area contributed by atoms with Gasteiger partial charge in [0.15, 0.2) is 5.82 Å². The van der Waals surface area contributed by atoms with Crippen LogP contribution in [0.4, 0.5) is 23.4 Å². The molecule has 1 aromatic carbocycles. The van der Waals surface area contributed by atoms with Crippen LogP contribution in [0.25, 0.3) is 0 Å². The molecular weight excluding hydrogens is 520 g/mol. The molecule has 2 aliphatic heterocycles. The fraction of sp³-hybridized carbons (Fsp3) is 0.462. The van der Waals surface area contributed by atoms with Crippen LogP contribution in [-0.4, -0.2) is 67.6 Å². The number of benzene rings is 1. The first-order chi connectivity index (χ1) is 18.6. The first kappa shape index (κ1) is 27.0. The Morgan fingerprint density at radius 2 is 2.00 bits per heavy atom. The second-order valence-electron chi connectivity index (χ2n) is 9.84. The SMILES string of the molecule is COc1ncc(C2CN([C@@H](C)C(=O)Nc3cn4c(n3)CC[C@@H]4c3cc(F)cc(F)c3)CCC2(F)F)nc1CO. The van der Waals surface area contributed by atoms with Crippen molar-refractivity contribution in [3.63, 3.8) is 0 Å². The molecule has 13 heteroatoms. The highest BCUT2D eigenvalue weighted by Crippen LogP contribution is 2.40. The quantitative estimate of drug-likeness (QED) is 0.436. The molecule has 1 unspecified atom stereocenters. The first-order valence-electron chi connectivity index (χ1n) is 12.6. The third kappa shape index (κ3) is 5.33. The smallest absolute Gasteiger partial charge is 0.258 e. The molecule has 0 radical (unpaired) electrons. The molecule has 4 heterocycles. The number of aliphatic hydroxyl groups excluding tert-OH is 1. The van der Waals surface area contributed by atoms with Gasteiger partial charge in [-0.2, -0.15) is 0 Å². The van der Waals surface area contributed by atoms with Gasteiger partial charge in [0.05, 0.1) is 43.6 Å². The van der Waals surface area contributed by atoms with Crippen LogP contribution < -0.4 is 10.1 Å². The Kier molecular flexibility index (Phi) is 7.29. The van der Waals surface area contributed by atoms with Gasteiger partial charge in [0, 0.05) is 38.2 Å². The maximum absolute atomic E-state index is 14.9. The van der Waals surface area contributed by atoms with Crippen molar-refractivity contribution in [1.82, 2.24) is 24.4 Å². The number of aryl methyl sites for hydroxylation is 1. The molecule has 2 aliphatic rings. The van der Waals surface area contributed by atoms with E-state index in [4.69, 9.17) is 4.74 Å². The summed E-state index contributed by atoms with van der Waals surface area (Å²) in [5.41, 5.74) is 0.537. The summed E-state index contributed by atoms with van der Waals surface area (Å²) in [6, 6.07) is 2.29. The highest BCUT2D eigenvalue weighted by molar-refractivity contribution is 5.93. The van der Waals surface area contributed by atoms with Crippen LogP contribution in [0.2, 0.25) is 0 Å². The van der Waals surface area contributed by atoms with Crippen molar-refractivity contribution in [2.45, 2.75) is 56.7 Å². The van der Waals surface area contributed by atoms with Gasteiger partial charge in [0.2, 0.25) is 11.8 Å². The van der Waals surface area contributed by atoms with Gasteiger partial charge in [-0.15, -0.1) is 0 Å². The minimum absolute atomic E-state index is 0.00696. The van der Waals surface area contributed by atoms with Crippen LogP contribution in [0.1, 0.15) is 54.5 Å². The van der Waals surface area contributed by atoms with Gasteiger partial charge in [-0.05, 0) is 31.0 Å². The molecule has 1 saturated heterocycles. The molecule has 2 N–H and O–H groups in total. The lowest BCUT2D eigenvalue weighted by Crippen LogP contribution is -2.52. The van der Waals surface area contributed by atoms with Crippen molar-refractivity contribution in [2.24, 2.45) is 0 Å². The number of alkyl halides is 2. The van der Waals surface area contributed by atoms with Crippen molar-refractivity contribution in [1.29, 1.82) is 0 Å². The fourth-order valence-corrected chi connectivity index (χ4v) is 5.30. The van der Waals surface area contributed by atoms with Gasteiger partial charge in [0.1, 0.15) is 23.2 Å². The topological polar surface area (TPSA) is 105 Å². The summed E-state index contributed by atoms with van der Waals surface area (Å²) < 4.78 is 64.2. The molecule has 2 aromatic heterocycles. The lowest BCUT2D eigenvalue weighted by molar-refractivity contribution is -0.125. The van der Waals surface area contributed by atoms with Gasteiger partial charge < -0.3 is 19.7 Å². The van der Waals surface area contributed by atoms with E-state index < -0.39 is 48.5 Å². The maximum atomic E-state index is 14.9. The minimum atomic E-state index is -3.08. The Morgan fingerprint density at radius 3 is 2.69 bits per heavy atom. The molecule has 1 fully saturated rings. The highest BCUT2D eigenvalue weighted by atomic mass is 19.3. The van der Waals surface area contributed by atoms with E-state index in [0.717, 1.165) is 6.07 Å². The predicted molar refractivity (Wildman–Crippen MR) is 132 cm³/mol. The minimum Gasteiger partial charge on any atom is -0.480 e. The number of halogens is 4. The van der Waals surface area contributed by atoms with E-state index >= 15 is 0 Å². The zero-order valence-corrected chi connectivity index (χ0v) is 21.4. The Bertz CT molecular complexity index is 1360. The third-order valence-corrected chi connectivity index (χ3v) is 7.42. The van der Waals surface area contributed by atoms with Crippen LogP contribution in [-0.2, 0) is 17.8 Å². The standard InChI is InChI=1S/C26H28F4N6O3/c1-14(35-6-5-26(29,30)18(11-35)19-10-31-25(39-2)20(13-37)32-19)24(38)34-22-12-36-21(3-4-23(36)33-22)15-7-16(27)9-17(28)8-15/h7-10,12,14,18,21,37H,3-6,11,13H2,1-2H3,(H,34,38)/t14-,18?,21+/m0/s1. The maximum Gasteiger partial charge on any atom is 0.258 e. The Morgan fingerprint density at radius 1 is 1.26 bits per heavy atom. The monoisotopic (exact) mass is 548 g/mol. The van der Waals surface area contributed by atoms with E-state index in [1.54, 1.807) is 22.6 Å². The van der Waals surface area contributed by atoms with E-state index in [0.29, 0.717) is 24.2 Å². The van der Waals surface area contributed by atoms with E-state index in [1.165, 1.54) is 25.4 Å². The second-order valence-corrected chi connectivity index (χ2v) is 9.84. The van der Waals surface area contributed by atoms with Crippen molar-refractivity contribution >= 4 is 11.7 Å². The largest absolute Gasteiger partial charge is 0.480 e. The summed E-state index contributed by atoms with van der Waals surface area (Å²) in [5.74, 6) is -5.19. The molecule has 3 aromatic rings. The van der Waals surface area contributed by atoms with E-state index in [-0.39, 0.29) is 42.2 Å². The van der Waals surface area contributed by atoms with Crippen molar-refractivity contribution in [3.8, 4) is 5.88 Å². The number of hydrogen-bond acceptors (Lipinski definition) is 7. The summed E-state index contributed by atoms with van der Waals surface area (Å²) >= 11 is 0. The molecule has 3 atom stereocenters. The van der Waals surface area contributed by atoms with E-state index in [2.05, 4.69) is 20.3 Å². The Balaban J connectivity index is 1.29. The Hall–Kier alpha value is -3.58. The molecular formula is C26H28F4N6O3. The van der Waals surface area contributed by atoms with Crippen LogP contribution in [0.5, 0.6) is 5.88 Å². The van der Waals surface area contributed by atoms with Crippen LogP contribution >= 0.6 is 0 Å². The van der Waals surface area contributed by atoms with Crippen LogP contribution in [0.3, 0.4) is 0 Å². The average molecular weight is 549 g/mol. The number of hydrogen-bond donors (Lipinski definition) is 2. The normalized spacial score (nSPS) is 21.4. The lowest BCUT2D eigenvalue weighted by Gasteiger charge is -2.40. The molecule has 9 nitrogen and oxygen atoms in total. The molecule has 39 heavy (non-hydrogen) atoms. The number of amides is 1. The number of imidazole rings is 1. The Labute approximate surface area is 221 Å². The van der Waals surface area contributed by atoms with Gasteiger partial charge in [0.25, 0.3) is 5.92 Å². The van der Waals surface area contributed by atoms with Crippen molar-refractivity contribution in [2.75, 3.05) is 25.5 Å². The number of piperidine rings is 1. The van der Waals surface area contributed by atoms with E-state index in [9.17, 15) is 27.5 Å². The third-order valence-electron chi connectivity index (χ3n) is 7.42. The molecule has 0 aliphatic carbocycles. The number of aliphatic hydroxyl groups is 1. The lowest BCUT2D eigenvalue weighted by atomic mass is 9.89. The van der Waals surface area contributed by atoms with Gasteiger partial charge >= 0.3 is 0 Å². The number of nitrogens with zero attached hydrogens (tertiary/aromatic N) is 5. The van der Waals surface area contributed by atoms with Crippen LogP contribution in [0, 0.1) is 11.6 Å². The fourth-order valence-electron chi connectivity index (χ4n) is 5.30. The number of nitrogens with one attached hydrogen (secondary N) is 1. The van der Waals surface area contributed by atoms with E-state index in [1.807, 2.05) is 0 Å². The summed E-state index contributed by atoms with van der Waals surface area (Å²) in [7, 11) is 1.34. The molecule has 1 amide bonds. The summed E-state index contributed by atoms with van der Waals surface area (Å²) in [5, 5.41) is 12.3. The second kappa shape index (κ2) is 10.5. The number of anilines is 1.